The van der Waals surface area contributed by atoms with Gasteiger partial charge in [-0.3, -0.25) is 20.4 Å². The molecule has 2 N–H and O–H groups in total. The van der Waals surface area contributed by atoms with Gasteiger partial charge in [0, 0.05) is 9.13 Å². The van der Waals surface area contributed by atoms with Gasteiger partial charge in [-0.2, -0.15) is 0 Å². The molecular formula is C18H18BrIN2O3. The van der Waals surface area contributed by atoms with Gasteiger partial charge in [-0.25, -0.2) is 0 Å². The summed E-state index contributed by atoms with van der Waals surface area (Å²) in [5, 5.41) is 0. The lowest BCUT2D eigenvalue weighted by atomic mass is 10.2. The van der Waals surface area contributed by atoms with E-state index in [1.54, 1.807) is 30.3 Å². The van der Waals surface area contributed by atoms with Crippen LogP contribution >= 0.6 is 38.5 Å². The van der Waals surface area contributed by atoms with Crippen LogP contribution in [0.3, 0.4) is 0 Å². The first kappa shape index (κ1) is 19.7. The number of ether oxygens (including phenoxy) is 1. The van der Waals surface area contributed by atoms with Crippen LogP contribution in [-0.4, -0.2) is 18.4 Å². The van der Waals surface area contributed by atoms with Gasteiger partial charge in [-0.05, 0) is 74.8 Å². The van der Waals surface area contributed by atoms with Crippen LogP contribution in [0.2, 0.25) is 0 Å². The van der Waals surface area contributed by atoms with Gasteiger partial charge in [0.15, 0.2) is 0 Å². The molecule has 0 atom stereocenters. The van der Waals surface area contributed by atoms with Crippen LogP contribution < -0.4 is 15.6 Å². The van der Waals surface area contributed by atoms with Crippen molar-refractivity contribution in [3.8, 4) is 5.75 Å². The number of carbonyl (C=O) groups excluding carboxylic acids is 2. The highest BCUT2D eigenvalue weighted by Gasteiger charge is 2.13. The van der Waals surface area contributed by atoms with E-state index >= 15 is 0 Å². The van der Waals surface area contributed by atoms with Crippen LogP contribution in [0.5, 0.6) is 5.75 Å². The van der Waals surface area contributed by atoms with Gasteiger partial charge in [0.25, 0.3) is 11.8 Å². The molecular weight excluding hydrogens is 499 g/mol. The molecule has 0 aromatic heterocycles. The summed E-state index contributed by atoms with van der Waals surface area (Å²) in [5.74, 6) is 0.309. The van der Waals surface area contributed by atoms with E-state index in [0.717, 1.165) is 3.57 Å². The van der Waals surface area contributed by atoms with E-state index in [2.05, 4.69) is 63.2 Å². The number of hydrogen-bond acceptors (Lipinski definition) is 3. The number of benzene rings is 2. The zero-order valence-corrected chi connectivity index (χ0v) is 17.6. The molecule has 0 saturated carbocycles. The fourth-order valence-electron chi connectivity index (χ4n) is 1.91. The zero-order valence-electron chi connectivity index (χ0n) is 13.8. The van der Waals surface area contributed by atoms with Gasteiger partial charge in [0.05, 0.1) is 16.6 Å². The van der Waals surface area contributed by atoms with Crippen LogP contribution in [0.4, 0.5) is 0 Å². The predicted octanol–water partition coefficient (Wildman–Crippen LogP) is 4.16. The van der Waals surface area contributed by atoms with E-state index < -0.39 is 5.91 Å². The number of nitrogens with one attached hydrogen (secondary N) is 2. The Labute approximate surface area is 168 Å². The fraction of sp³-hybridized carbons (Fsp3) is 0.222. The average Bonchev–Trinajstić information content (AvgIpc) is 2.58. The van der Waals surface area contributed by atoms with Gasteiger partial charge in [-0.15, -0.1) is 0 Å². The first-order chi connectivity index (χ1) is 11.9. The van der Waals surface area contributed by atoms with E-state index in [0.29, 0.717) is 33.9 Å². The smallest absolute Gasteiger partial charge is 0.270 e. The molecule has 0 saturated heterocycles. The largest absolute Gasteiger partial charge is 0.492 e. The first-order valence-electron chi connectivity index (χ1n) is 7.66. The van der Waals surface area contributed by atoms with Crippen LogP contribution in [0.25, 0.3) is 0 Å². The summed E-state index contributed by atoms with van der Waals surface area (Å²) >= 11 is 5.47. The third kappa shape index (κ3) is 5.71. The average molecular weight is 517 g/mol. The fourth-order valence-corrected chi connectivity index (χ4v) is 3.04. The second-order valence-electron chi connectivity index (χ2n) is 5.74. The number of hydrogen-bond donors (Lipinski definition) is 2. The van der Waals surface area contributed by atoms with Crippen molar-refractivity contribution in [2.45, 2.75) is 13.8 Å². The lowest BCUT2D eigenvalue weighted by molar-refractivity contribution is 0.0846. The molecule has 132 valence electrons. The number of amides is 2. The summed E-state index contributed by atoms with van der Waals surface area (Å²) in [6.45, 7) is 4.72. The quantitative estimate of drug-likeness (QED) is 0.463. The van der Waals surface area contributed by atoms with E-state index in [-0.39, 0.29) is 5.91 Å². The molecule has 5 nitrogen and oxygen atoms in total. The predicted molar refractivity (Wildman–Crippen MR) is 109 cm³/mol. The normalized spacial score (nSPS) is 10.4. The van der Waals surface area contributed by atoms with E-state index in [4.69, 9.17) is 4.74 Å². The molecule has 0 aliphatic carbocycles. The molecule has 2 amide bonds. The van der Waals surface area contributed by atoms with Gasteiger partial charge in [-0.1, -0.05) is 26.0 Å². The molecule has 0 fully saturated rings. The van der Waals surface area contributed by atoms with Gasteiger partial charge < -0.3 is 4.74 Å². The van der Waals surface area contributed by atoms with Crippen molar-refractivity contribution in [2.24, 2.45) is 5.92 Å². The van der Waals surface area contributed by atoms with Crippen molar-refractivity contribution in [1.82, 2.24) is 10.9 Å². The van der Waals surface area contributed by atoms with Crippen molar-refractivity contribution in [1.29, 1.82) is 0 Å². The Balaban J connectivity index is 1.98. The van der Waals surface area contributed by atoms with Gasteiger partial charge in [0.1, 0.15) is 5.75 Å². The topological polar surface area (TPSA) is 67.4 Å². The molecule has 2 rings (SSSR count). The highest BCUT2D eigenvalue weighted by molar-refractivity contribution is 14.1. The summed E-state index contributed by atoms with van der Waals surface area (Å²) < 4.78 is 7.14. The van der Waals surface area contributed by atoms with Crippen LogP contribution in [0.1, 0.15) is 34.6 Å². The number of rotatable bonds is 5. The third-order valence-electron chi connectivity index (χ3n) is 3.17. The van der Waals surface area contributed by atoms with Crippen molar-refractivity contribution < 1.29 is 14.3 Å². The van der Waals surface area contributed by atoms with Crippen molar-refractivity contribution in [2.75, 3.05) is 6.61 Å². The maximum absolute atomic E-state index is 12.2. The summed E-state index contributed by atoms with van der Waals surface area (Å²) in [7, 11) is 0. The molecule has 0 heterocycles. The second-order valence-corrected chi connectivity index (χ2v) is 7.75. The minimum atomic E-state index is -0.407. The molecule has 0 aliphatic heterocycles. The molecule has 0 unspecified atom stereocenters. The SMILES string of the molecule is CC(C)COc1ccc(C(=O)NNC(=O)c2ccccc2I)cc1Br. The molecule has 0 radical (unpaired) electrons. The molecule has 0 bridgehead atoms. The third-order valence-corrected chi connectivity index (χ3v) is 4.73. The molecule has 2 aromatic rings. The van der Waals surface area contributed by atoms with E-state index in [1.165, 1.54) is 0 Å². The lowest BCUT2D eigenvalue weighted by Crippen LogP contribution is -2.41. The number of halogens is 2. The molecule has 0 aliphatic rings. The van der Waals surface area contributed by atoms with Crippen molar-refractivity contribution >= 4 is 50.3 Å². The number of carbonyl (C=O) groups is 2. The minimum absolute atomic E-state index is 0.366. The highest BCUT2D eigenvalue weighted by Crippen LogP contribution is 2.26. The minimum Gasteiger partial charge on any atom is -0.492 e. The Morgan fingerprint density at radius 3 is 2.44 bits per heavy atom. The molecule has 7 heteroatoms. The lowest BCUT2D eigenvalue weighted by Gasteiger charge is -2.12. The Morgan fingerprint density at radius 1 is 1.12 bits per heavy atom. The van der Waals surface area contributed by atoms with Gasteiger partial charge in [0.2, 0.25) is 0 Å². The maximum atomic E-state index is 12.2. The Morgan fingerprint density at radius 2 is 1.80 bits per heavy atom. The Hall–Kier alpha value is -1.61. The molecule has 25 heavy (non-hydrogen) atoms. The van der Waals surface area contributed by atoms with Gasteiger partial charge >= 0.3 is 0 Å². The molecule has 2 aromatic carbocycles. The summed E-state index contributed by atoms with van der Waals surface area (Å²) in [5.41, 5.74) is 5.75. The Kier molecular flexibility index (Phi) is 7.24. The summed E-state index contributed by atoms with van der Waals surface area (Å²) in [6, 6.07) is 12.2. The highest BCUT2D eigenvalue weighted by atomic mass is 127. The summed E-state index contributed by atoms with van der Waals surface area (Å²) in [6.07, 6.45) is 0. The van der Waals surface area contributed by atoms with E-state index in [9.17, 15) is 9.59 Å². The van der Waals surface area contributed by atoms with Crippen LogP contribution in [0.15, 0.2) is 46.9 Å². The summed E-state index contributed by atoms with van der Waals surface area (Å²) in [4.78, 5) is 24.3. The Bertz CT molecular complexity index is 781. The van der Waals surface area contributed by atoms with E-state index in [1.807, 2.05) is 12.1 Å². The standard InChI is InChI=1S/C18H18BrIN2O3/c1-11(2)10-25-16-8-7-12(9-14(16)19)17(23)21-22-18(24)13-5-3-4-6-15(13)20/h3-9,11H,10H2,1-2H3,(H,21,23)(H,22,24). The molecule has 0 spiro atoms. The van der Waals surface area contributed by atoms with Crippen LogP contribution in [0, 0.1) is 9.49 Å². The monoisotopic (exact) mass is 516 g/mol. The zero-order chi connectivity index (χ0) is 18.4. The second kappa shape index (κ2) is 9.19. The maximum Gasteiger partial charge on any atom is 0.270 e. The van der Waals surface area contributed by atoms with Crippen molar-refractivity contribution in [3.63, 3.8) is 0 Å². The van der Waals surface area contributed by atoms with Crippen molar-refractivity contribution in [3.05, 3.63) is 61.6 Å². The first-order valence-corrected chi connectivity index (χ1v) is 9.53. The van der Waals surface area contributed by atoms with Crippen LogP contribution in [-0.2, 0) is 0 Å². The number of hydrazine groups is 1.